The van der Waals surface area contributed by atoms with Crippen molar-refractivity contribution in [2.24, 2.45) is 0 Å². The third-order valence-corrected chi connectivity index (χ3v) is 2.96. The second kappa shape index (κ2) is 3.95. The van der Waals surface area contributed by atoms with Gasteiger partial charge in [-0.1, -0.05) is 40.2 Å². The van der Waals surface area contributed by atoms with E-state index in [1.165, 1.54) is 0 Å². The number of rotatable bonds is 2. The summed E-state index contributed by atoms with van der Waals surface area (Å²) in [5.74, 6) is -0.265. The van der Waals surface area contributed by atoms with Gasteiger partial charge in [0.2, 0.25) is 5.78 Å². The number of benzene rings is 2. The number of fused-ring (bicyclic) bond motifs is 1. The van der Waals surface area contributed by atoms with Crippen molar-refractivity contribution in [3.63, 3.8) is 0 Å². The number of ketones is 1. The normalized spacial score (nSPS) is 10.2. The lowest BCUT2D eigenvalue weighted by molar-refractivity contribution is 0.107. The molecule has 1 N–H and O–H groups in total. The van der Waals surface area contributed by atoms with Gasteiger partial charge in [-0.15, -0.1) is 0 Å². The molecule has 74 valence electrons. The third kappa shape index (κ3) is 1.70. The van der Waals surface area contributed by atoms with E-state index in [4.69, 9.17) is 5.41 Å². The maximum atomic E-state index is 11.5. The molecule has 3 heteroatoms. The molecule has 0 aliphatic carbocycles. The number of carbonyl (C=O) groups is 1. The summed E-state index contributed by atoms with van der Waals surface area (Å²) in [4.78, 5) is 11.5. The van der Waals surface area contributed by atoms with Gasteiger partial charge in [0, 0.05) is 10.0 Å². The Balaban J connectivity index is 2.83. The average molecular weight is 262 g/mol. The van der Waals surface area contributed by atoms with Crippen molar-refractivity contribution in [2.75, 3.05) is 0 Å². The molecule has 2 rings (SSSR count). The minimum absolute atomic E-state index is 0.265. The summed E-state index contributed by atoms with van der Waals surface area (Å²) < 4.78 is 0.958. The first kappa shape index (κ1) is 10.1. The zero-order chi connectivity index (χ0) is 10.8. The molecule has 0 atom stereocenters. The largest absolute Gasteiger partial charge is 0.305 e. The Morgan fingerprint density at radius 2 is 1.80 bits per heavy atom. The Morgan fingerprint density at radius 3 is 2.47 bits per heavy atom. The summed E-state index contributed by atoms with van der Waals surface area (Å²) in [5.41, 5.74) is 0.573. The van der Waals surface area contributed by atoms with E-state index >= 15 is 0 Å². The van der Waals surface area contributed by atoms with Gasteiger partial charge in [-0.3, -0.25) is 4.79 Å². The molecule has 2 aromatic rings. The van der Waals surface area contributed by atoms with Crippen LogP contribution in [0, 0.1) is 5.41 Å². The molecular weight excluding hydrogens is 254 g/mol. The summed E-state index contributed by atoms with van der Waals surface area (Å²) in [6, 6.07) is 11.2. The van der Waals surface area contributed by atoms with Crippen molar-refractivity contribution in [1.82, 2.24) is 0 Å². The minimum atomic E-state index is -0.265. The molecular formula is C12H8BrNO. The van der Waals surface area contributed by atoms with E-state index in [9.17, 15) is 4.79 Å². The van der Waals surface area contributed by atoms with E-state index in [2.05, 4.69) is 15.9 Å². The summed E-state index contributed by atoms with van der Waals surface area (Å²) in [5, 5.41) is 8.86. The molecule has 0 bridgehead atoms. The van der Waals surface area contributed by atoms with Crippen LogP contribution < -0.4 is 0 Å². The second-order valence-electron chi connectivity index (χ2n) is 3.15. The Morgan fingerprint density at radius 1 is 1.13 bits per heavy atom. The predicted octanol–water partition coefficient (Wildman–Crippen LogP) is 3.43. The maximum absolute atomic E-state index is 11.5. The van der Waals surface area contributed by atoms with Crippen LogP contribution in [0.1, 0.15) is 10.4 Å². The smallest absolute Gasteiger partial charge is 0.203 e. The SMILES string of the molecule is N=CC(=O)c1ccc(Br)c2ccccc12. The Labute approximate surface area is 95.6 Å². The average Bonchev–Trinajstić information content (AvgIpc) is 2.29. The fraction of sp³-hybridized carbons (Fsp3) is 0. The maximum Gasteiger partial charge on any atom is 0.203 e. The summed E-state index contributed by atoms with van der Waals surface area (Å²) in [6.07, 6.45) is 0.843. The molecule has 0 saturated heterocycles. The number of nitrogens with one attached hydrogen (secondary N) is 1. The van der Waals surface area contributed by atoms with Gasteiger partial charge in [0.15, 0.2) is 0 Å². The van der Waals surface area contributed by atoms with Gasteiger partial charge in [0.05, 0.1) is 6.21 Å². The summed E-state index contributed by atoms with van der Waals surface area (Å²) in [7, 11) is 0. The first-order valence-corrected chi connectivity index (χ1v) is 5.25. The zero-order valence-corrected chi connectivity index (χ0v) is 9.41. The molecule has 0 fully saturated rings. The molecule has 0 aliphatic rings. The van der Waals surface area contributed by atoms with E-state index in [-0.39, 0.29) is 5.78 Å². The van der Waals surface area contributed by atoms with Crippen LogP contribution in [0.5, 0.6) is 0 Å². The first-order chi connectivity index (χ1) is 7.24. The molecule has 0 unspecified atom stereocenters. The van der Waals surface area contributed by atoms with E-state index in [1.54, 1.807) is 6.07 Å². The zero-order valence-electron chi connectivity index (χ0n) is 7.83. The second-order valence-corrected chi connectivity index (χ2v) is 4.00. The number of hydrogen-bond acceptors (Lipinski definition) is 2. The van der Waals surface area contributed by atoms with Crippen molar-refractivity contribution < 1.29 is 4.79 Å². The summed E-state index contributed by atoms with van der Waals surface area (Å²) in [6.45, 7) is 0. The number of hydrogen-bond donors (Lipinski definition) is 1. The molecule has 2 nitrogen and oxygen atoms in total. The topological polar surface area (TPSA) is 40.9 Å². The highest BCUT2D eigenvalue weighted by Gasteiger charge is 2.08. The molecule has 0 heterocycles. The highest BCUT2D eigenvalue weighted by atomic mass is 79.9. The standard InChI is InChI=1S/C12H8BrNO/c13-11-6-5-10(12(15)7-14)8-3-1-2-4-9(8)11/h1-7,14H. The first-order valence-electron chi connectivity index (χ1n) is 4.46. The molecule has 0 aliphatic heterocycles. The van der Waals surface area contributed by atoms with E-state index < -0.39 is 0 Å². The molecule has 2 aromatic carbocycles. The van der Waals surface area contributed by atoms with Crippen LogP contribution >= 0.6 is 15.9 Å². The fourth-order valence-electron chi connectivity index (χ4n) is 1.55. The van der Waals surface area contributed by atoms with Crippen molar-refractivity contribution in [3.8, 4) is 0 Å². The highest BCUT2D eigenvalue weighted by Crippen LogP contribution is 2.26. The van der Waals surface area contributed by atoms with Crippen LogP contribution in [-0.2, 0) is 0 Å². The van der Waals surface area contributed by atoms with Crippen LogP contribution in [0.15, 0.2) is 40.9 Å². The Bertz CT molecular complexity index is 548. The third-order valence-electron chi connectivity index (χ3n) is 2.27. The van der Waals surface area contributed by atoms with Crippen LogP contribution in [0.3, 0.4) is 0 Å². The Kier molecular flexibility index (Phi) is 2.64. The van der Waals surface area contributed by atoms with Gasteiger partial charge in [-0.25, -0.2) is 0 Å². The van der Waals surface area contributed by atoms with Gasteiger partial charge in [0.1, 0.15) is 0 Å². The molecule has 0 spiro atoms. The highest BCUT2D eigenvalue weighted by molar-refractivity contribution is 9.10. The molecule has 15 heavy (non-hydrogen) atoms. The van der Waals surface area contributed by atoms with Crippen LogP contribution in [0.25, 0.3) is 10.8 Å². The summed E-state index contributed by atoms with van der Waals surface area (Å²) >= 11 is 3.43. The quantitative estimate of drug-likeness (QED) is 0.653. The number of Topliss-reactive ketones (excluding diaryl/α,β-unsaturated/α-hetero) is 1. The monoisotopic (exact) mass is 261 g/mol. The van der Waals surface area contributed by atoms with Gasteiger partial charge in [0.25, 0.3) is 0 Å². The minimum Gasteiger partial charge on any atom is -0.305 e. The van der Waals surface area contributed by atoms with Crippen LogP contribution in [0.2, 0.25) is 0 Å². The number of halogens is 1. The van der Waals surface area contributed by atoms with Crippen molar-refractivity contribution in [3.05, 3.63) is 46.4 Å². The van der Waals surface area contributed by atoms with E-state index in [1.807, 2.05) is 30.3 Å². The predicted molar refractivity (Wildman–Crippen MR) is 64.8 cm³/mol. The molecule has 0 saturated carbocycles. The van der Waals surface area contributed by atoms with Crippen LogP contribution in [-0.4, -0.2) is 12.0 Å². The van der Waals surface area contributed by atoms with Crippen LogP contribution in [0.4, 0.5) is 0 Å². The van der Waals surface area contributed by atoms with Crippen molar-refractivity contribution >= 4 is 38.7 Å². The van der Waals surface area contributed by atoms with Gasteiger partial charge in [-0.2, -0.15) is 0 Å². The fourth-order valence-corrected chi connectivity index (χ4v) is 2.03. The van der Waals surface area contributed by atoms with E-state index in [0.29, 0.717) is 5.56 Å². The molecule has 0 radical (unpaired) electrons. The molecule has 0 amide bonds. The lowest BCUT2D eigenvalue weighted by Gasteiger charge is -2.04. The Hall–Kier alpha value is -1.48. The lowest BCUT2D eigenvalue weighted by Crippen LogP contribution is -2.00. The van der Waals surface area contributed by atoms with E-state index in [0.717, 1.165) is 21.5 Å². The van der Waals surface area contributed by atoms with Gasteiger partial charge in [-0.05, 0) is 22.9 Å². The van der Waals surface area contributed by atoms with Gasteiger partial charge < -0.3 is 5.41 Å². The lowest BCUT2D eigenvalue weighted by atomic mass is 10.0. The van der Waals surface area contributed by atoms with Crippen molar-refractivity contribution in [1.29, 1.82) is 5.41 Å². The van der Waals surface area contributed by atoms with Crippen molar-refractivity contribution in [2.45, 2.75) is 0 Å². The number of carbonyl (C=O) groups excluding carboxylic acids is 1. The molecule has 0 aromatic heterocycles. The van der Waals surface area contributed by atoms with Gasteiger partial charge >= 0.3 is 0 Å².